The predicted molar refractivity (Wildman–Crippen MR) is 55.4 cm³/mol. The molecule has 0 aliphatic carbocycles. The molecule has 0 heterocycles. The van der Waals surface area contributed by atoms with E-state index < -0.39 is 0 Å². The molecule has 0 rings (SSSR count). The second-order valence-electron chi connectivity index (χ2n) is 3.64. The Morgan fingerprint density at radius 1 is 1.15 bits per heavy atom. The summed E-state index contributed by atoms with van der Waals surface area (Å²) in [6.45, 7) is 12.0. The van der Waals surface area contributed by atoms with Gasteiger partial charge in [-0.05, 0) is 13.8 Å². The lowest BCUT2D eigenvalue weighted by Crippen LogP contribution is -3.15. The third-order valence-corrected chi connectivity index (χ3v) is 2.46. The highest BCUT2D eigenvalue weighted by molar-refractivity contribution is 4.79. The Kier molecular flexibility index (Phi) is 9.75. The summed E-state index contributed by atoms with van der Waals surface area (Å²) >= 11 is 0. The van der Waals surface area contributed by atoms with E-state index in [1.54, 1.807) is 4.90 Å². The van der Waals surface area contributed by atoms with Crippen LogP contribution in [0.2, 0.25) is 0 Å². The second kappa shape index (κ2) is 8.33. The van der Waals surface area contributed by atoms with Gasteiger partial charge in [-0.1, -0.05) is 12.2 Å². The van der Waals surface area contributed by atoms with Crippen LogP contribution in [0.4, 0.5) is 0 Å². The van der Waals surface area contributed by atoms with E-state index in [0.717, 1.165) is 12.8 Å². The molecule has 1 atom stereocenters. The van der Waals surface area contributed by atoms with Crippen LogP contribution in [0, 0.1) is 0 Å². The van der Waals surface area contributed by atoms with E-state index in [0.29, 0.717) is 12.1 Å². The van der Waals surface area contributed by atoms with E-state index in [1.807, 2.05) is 12.2 Å². The summed E-state index contributed by atoms with van der Waals surface area (Å²) in [4.78, 5) is 1.56. The molecule has 0 aromatic heterocycles. The molecule has 78 valence electrons. The quantitative estimate of drug-likeness (QED) is 0.498. The van der Waals surface area contributed by atoms with Crippen molar-refractivity contribution in [1.29, 1.82) is 0 Å². The Morgan fingerprint density at radius 2 is 1.54 bits per heavy atom. The van der Waals surface area contributed by atoms with Gasteiger partial charge in [0, 0.05) is 12.8 Å². The molecule has 2 heteroatoms. The summed E-state index contributed by atoms with van der Waals surface area (Å²) < 4.78 is 0. The normalized spacial score (nSPS) is 12.4. The fourth-order valence-electron chi connectivity index (χ4n) is 1.34. The zero-order chi connectivity index (χ0) is 9.56. The van der Waals surface area contributed by atoms with E-state index >= 15 is 0 Å². The summed E-state index contributed by atoms with van der Waals surface area (Å²) in [6, 6.07) is 1.33. The number of hydrogen-bond acceptors (Lipinski definition) is 0. The molecular weight excluding hydrogens is 182 g/mol. The van der Waals surface area contributed by atoms with Crippen LogP contribution in [0.25, 0.3) is 0 Å². The molecule has 0 aromatic rings. The van der Waals surface area contributed by atoms with Gasteiger partial charge in [0.25, 0.3) is 0 Å². The van der Waals surface area contributed by atoms with Crippen LogP contribution in [-0.2, 0) is 0 Å². The van der Waals surface area contributed by atoms with Gasteiger partial charge >= 0.3 is 0 Å². The average Bonchev–Trinajstić information content (AvgIpc) is 2.03. The molecule has 1 N–H and O–H groups in total. The van der Waals surface area contributed by atoms with Crippen molar-refractivity contribution in [2.75, 3.05) is 7.05 Å². The number of quaternary nitrogens is 1. The molecule has 0 saturated heterocycles. The van der Waals surface area contributed by atoms with Crippen molar-refractivity contribution >= 4 is 0 Å². The molecule has 0 amide bonds. The first-order chi connectivity index (χ1) is 5.63. The maximum Gasteiger partial charge on any atom is 0.0944 e. The van der Waals surface area contributed by atoms with E-state index in [2.05, 4.69) is 34.1 Å². The fourth-order valence-corrected chi connectivity index (χ4v) is 1.34. The van der Waals surface area contributed by atoms with Gasteiger partial charge < -0.3 is 17.3 Å². The highest BCUT2D eigenvalue weighted by Crippen LogP contribution is 1.95. The first kappa shape index (κ1) is 15.2. The zero-order valence-electron chi connectivity index (χ0n) is 9.02. The van der Waals surface area contributed by atoms with Crippen molar-refractivity contribution in [3.05, 3.63) is 25.3 Å². The number of halogens is 1. The van der Waals surface area contributed by atoms with Crippen molar-refractivity contribution in [2.24, 2.45) is 0 Å². The standard InChI is InChI=1S/C11H21N.ClH/c1-6-8-11(9-7-2)12(5)10(3)4;/h6-7,10-11H,1-2,8-9H2,3-5H3;1H. The van der Waals surface area contributed by atoms with E-state index in [9.17, 15) is 0 Å². The number of hydrogen-bond donors (Lipinski definition) is 1. The number of rotatable bonds is 6. The molecule has 0 bridgehead atoms. The molecule has 1 unspecified atom stereocenters. The Morgan fingerprint density at radius 3 is 1.77 bits per heavy atom. The lowest BCUT2D eigenvalue weighted by atomic mass is 10.1. The van der Waals surface area contributed by atoms with Crippen LogP contribution in [0.3, 0.4) is 0 Å². The van der Waals surface area contributed by atoms with E-state index in [4.69, 9.17) is 0 Å². The number of nitrogens with one attached hydrogen (secondary N) is 1. The first-order valence-corrected chi connectivity index (χ1v) is 4.68. The van der Waals surface area contributed by atoms with Crippen LogP contribution >= 0.6 is 0 Å². The summed E-state index contributed by atoms with van der Waals surface area (Å²) in [5.41, 5.74) is 0. The Labute approximate surface area is 88.9 Å². The topological polar surface area (TPSA) is 4.44 Å². The Bertz CT molecular complexity index is 133. The van der Waals surface area contributed by atoms with Crippen molar-refractivity contribution in [1.82, 2.24) is 0 Å². The second-order valence-corrected chi connectivity index (χ2v) is 3.64. The highest BCUT2D eigenvalue weighted by Gasteiger charge is 2.17. The highest BCUT2D eigenvalue weighted by atomic mass is 35.5. The monoisotopic (exact) mass is 203 g/mol. The first-order valence-electron chi connectivity index (χ1n) is 4.68. The molecule has 0 aromatic carbocycles. The molecule has 0 aliphatic rings. The van der Waals surface area contributed by atoms with Gasteiger partial charge in [0.2, 0.25) is 0 Å². The maximum atomic E-state index is 3.78. The lowest BCUT2D eigenvalue weighted by Gasteiger charge is -2.26. The summed E-state index contributed by atoms with van der Waals surface area (Å²) in [5, 5.41) is 0. The fraction of sp³-hybridized carbons (Fsp3) is 0.636. The van der Waals surface area contributed by atoms with Crippen LogP contribution in [0.5, 0.6) is 0 Å². The molecule has 0 radical (unpaired) electrons. The van der Waals surface area contributed by atoms with Gasteiger partial charge in [-0.25, -0.2) is 0 Å². The van der Waals surface area contributed by atoms with Gasteiger partial charge in [-0.15, -0.1) is 13.2 Å². The predicted octanol–water partition coefficient (Wildman–Crippen LogP) is -1.57. The van der Waals surface area contributed by atoms with Crippen molar-refractivity contribution in [2.45, 2.75) is 38.8 Å². The molecule has 1 nitrogen and oxygen atoms in total. The summed E-state index contributed by atoms with van der Waals surface area (Å²) in [6.07, 6.45) is 6.16. The Balaban J connectivity index is 0. The molecule has 0 aliphatic heterocycles. The van der Waals surface area contributed by atoms with Gasteiger partial charge in [0.1, 0.15) is 0 Å². The minimum absolute atomic E-state index is 0. The third kappa shape index (κ3) is 5.89. The SMILES string of the molecule is C=CCC(CC=C)[NH+](C)C(C)C.[Cl-]. The minimum Gasteiger partial charge on any atom is -1.00 e. The van der Waals surface area contributed by atoms with Crippen LogP contribution in [-0.4, -0.2) is 19.1 Å². The van der Waals surface area contributed by atoms with Crippen LogP contribution in [0.15, 0.2) is 25.3 Å². The lowest BCUT2D eigenvalue weighted by molar-refractivity contribution is -0.926. The largest absolute Gasteiger partial charge is 1.00 e. The maximum absolute atomic E-state index is 3.78. The molecular formula is C11H22ClN. The Hall–Kier alpha value is -0.270. The molecule has 13 heavy (non-hydrogen) atoms. The minimum atomic E-state index is 0. The third-order valence-electron chi connectivity index (χ3n) is 2.46. The zero-order valence-corrected chi connectivity index (χ0v) is 9.77. The van der Waals surface area contributed by atoms with Crippen molar-refractivity contribution in [3.8, 4) is 0 Å². The van der Waals surface area contributed by atoms with Gasteiger partial charge in [0.05, 0.1) is 19.1 Å². The average molecular weight is 204 g/mol. The van der Waals surface area contributed by atoms with E-state index in [1.165, 1.54) is 0 Å². The molecule has 0 fully saturated rings. The van der Waals surface area contributed by atoms with E-state index in [-0.39, 0.29) is 12.4 Å². The van der Waals surface area contributed by atoms with Gasteiger partial charge in [-0.2, -0.15) is 0 Å². The van der Waals surface area contributed by atoms with Crippen molar-refractivity contribution in [3.63, 3.8) is 0 Å². The summed E-state index contributed by atoms with van der Waals surface area (Å²) in [5.74, 6) is 0. The van der Waals surface area contributed by atoms with Gasteiger partial charge in [0.15, 0.2) is 0 Å². The van der Waals surface area contributed by atoms with Crippen molar-refractivity contribution < 1.29 is 17.3 Å². The molecule has 0 spiro atoms. The van der Waals surface area contributed by atoms with Crippen LogP contribution in [0.1, 0.15) is 26.7 Å². The smallest absolute Gasteiger partial charge is 0.0944 e. The van der Waals surface area contributed by atoms with Gasteiger partial charge in [-0.3, -0.25) is 0 Å². The summed E-state index contributed by atoms with van der Waals surface area (Å²) in [7, 11) is 2.24. The molecule has 0 saturated carbocycles. The van der Waals surface area contributed by atoms with Crippen LogP contribution < -0.4 is 17.3 Å².